The Hall–Kier alpha value is -2.95. The SMILES string of the molecule is CCc1nc(Nc2ccccc2)nc(Nc2ccccc2)n1. The molecular formula is C17H17N5. The monoisotopic (exact) mass is 291 g/mol. The van der Waals surface area contributed by atoms with Gasteiger partial charge in [-0.05, 0) is 24.3 Å². The Bertz CT molecular complexity index is 669. The van der Waals surface area contributed by atoms with Crippen LogP contribution in [0.15, 0.2) is 60.7 Å². The average molecular weight is 291 g/mol. The molecule has 1 aromatic heterocycles. The van der Waals surface area contributed by atoms with E-state index in [1.54, 1.807) is 0 Å². The molecule has 0 atom stereocenters. The topological polar surface area (TPSA) is 62.7 Å². The third-order valence-corrected chi connectivity index (χ3v) is 3.06. The lowest BCUT2D eigenvalue weighted by Crippen LogP contribution is -2.06. The van der Waals surface area contributed by atoms with Crippen LogP contribution >= 0.6 is 0 Å². The molecule has 110 valence electrons. The highest BCUT2D eigenvalue weighted by atomic mass is 15.2. The van der Waals surface area contributed by atoms with Crippen molar-refractivity contribution in [3.63, 3.8) is 0 Å². The van der Waals surface area contributed by atoms with Crippen molar-refractivity contribution in [3.8, 4) is 0 Å². The second-order valence-electron chi connectivity index (χ2n) is 4.73. The zero-order valence-electron chi connectivity index (χ0n) is 12.3. The first-order chi connectivity index (χ1) is 10.8. The molecule has 0 bridgehead atoms. The number of anilines is 4. The van der Waals surface area contributed by atoms with Crippen molar-refractivity contribution in [1.82, 2.24) is 15.0 Å². The molecule has 0 aliphatic heterocycles. The number of aromatic nitrogens is 3. The zero-order chi connectivity index (χ0) is 15.2. The van der Waals surface area contributed by atoms with Crippen LogP contribution in [-0.4, -0.2) is 15.0 Å². The summed E-state index contributed by atoms with van der Waals surface area (Å²) in [6.07, 6.45) is 0.745. The molecule has 3 aromatic rings. The third-order valence-electron chi connectivity index (χ3n) is 3.06. The van der Waals surface area contributed by atoms with Gasteiger partial charge in [0.25, 0.3) is 0 Å². The van der Waals surface area contributed by atoms with Gasteiger partial charge in [-0.3, -0.25) is 0 Å². The normalized spacial score (nSPS) is 10.2. The Morgan fingerprint density at radius 2 is 1.14 bits per heavy atom. The fourth-order valence-electron chi connectivity index (χ4n) is 1.99. The van der Waals surface area contributed by atoms with Crippen LogP contribution in [0.4, 0.5) is 23.3 Å². The summed E-state index contributed by atoms with van der Waals surface area (Å²) in [5, 5.41) is 6.41. The molecule has 0 aliphatic rings. The van der Waals surface area contributed by atoms with Crippen molar-refractivity contribution in [1.29, 1.82) is 0 Å². The highest BCUT2D eigenvalue weighted by molar-refractivity contribution is 5.57. The van der Waals surface area contributed by atoms with E-state index in [-0.39, 0.29) is 0 Å². The molecule has 0 spiro atoms. The molecule has 2 aromatic carbocycles. The maximum atomic E-state index is 4.43. The molecule has 0 amide bonds. The number of hydrogen-bond acceptors (Lipinski definition) is 5. The van der Waals surface area contributed by atoms with E-state index in [4.69, 9.17) is 0 Å². The summed E-state index contributed by atoms with van der Waals surface area (Å²) in [5.41, 5.74) is 1.89. The van der Waals surface area contributed by atoms with Gasteiger partial charge in [0.15, 0.2) is 0 Å². The summed E-state index contributed by atoms with van der Waals surface area (Å²) < 4.78 is 0. The predicted octanol–water partition coefficient (Wildman–Crippen LogP) is 3.92. The van der Waals surface area contributed by atoms with Crippen LogP contribution in [0.3, 0.4) is 0 Å². The lowest BCUT2D eigenvalue weighted by Gasteiger charge is -2.09. The zero-order valence-corrected chi connectivity index (χ0v) is 12.3. The van der Waals surface area contributed by atoms with Crippen LogP contribution in [0.5, 0.6) is 0 Å². The van der Waals surface area contributed by atoms with E-state index in [0.29, 0.717) is 11.9 Å². The van der Waals surface area contributed by atoms with Crippen LogP contribution in [0.25, 0.3) is 0 Å². The number of benzene rings is 2. The lowest BCUT2D eigenvalue weighted by atomic mass is 10.3. The molecule has 0 fully saturated rings. The average Bonchev–Trinajstić information content (AvgIpc) is 2.56. The Morgan fingerprint density at radius 3 is 1.55 bits per heavy atom. The number of rotatable bonds is 5. The van der Waals surface area contributed by atoms with E-state index in [2.05, 4.69) is 25.6 Å². The minimum absolute atomic E-state index is 0.538. The minimum Gasteiger partial charge on any atom is -0.324 e. The number of nitrogens with zero attached hydrogens (tertiary/aromatic N) is 3. The number of nitrogens with one attached hydrogen (secondary N) is 2. The van der Waals surface area contributed by atoms with Gasteiger partial charge in [-0.1, -0.05) is 43.3 Å². The number of hydrogen-bond donors (Lipinski definition) is 2. The Balaban J connectivity index is 1.86. The van der Waals surface area contributed by atoms with Crippen molar-refractivity contribution in [2.24, 2.45) is 0 Å². The van der Waals surface area contributed by atoms with Crippen molar-refractivity contribution in [2.75, 3.05) is 10.6 Å². The highest BCUT2D eigenvalue weighted by Crippen LogP contribution is 2.16. The van der Waals surface area contributed by atoms with Gasteiger partial charge in [0.05, 0.1) is 0 Å². The summed E-state index contributed by atoms with van der Waals surface area (Å²) in [7, 11) is 0. The summed E-state index contributed by atoms with van der Waals surface area (Å²) in [6.45, 7) is 2.02. The van der Waals surface area contributed by atoms with E-state index >= 15 is 0 Å². The molecule has 0 radical (unpaired) electrons. The molecule has 0 saturated carbocycles. The smallest absolute Gasteiger partial charge is 0.232 e. The Kier molecular flexibility index (Phi) is 4.25. The molecule has 3 rings (SSSR count). The fraction of sp³-hybridized carbons (Fsp3) is 0.118. The van der Waals surface area contributed by atoms with Gasteiger partial charge in [-0.15, -0.1) is 0 Å². The first kappa shape index (κ1) is 14.0. The van der Waals surface area contributed by atoms with Gasteiger partial charge in [0.2, 0.25) is 11.9 Å². The highest BCUT2D eigenvalue weighted by Gasteiger charge is 2.06. The van der Waals surface area contributed by atoms with E-state index in [1.165, 1.54) is 0 Å². The molecule has 0 aliphatic carbocycles. The van der Waals surface area contributed by atoms with Crippen molar-refractivity contribution < 1.29 is 0 Å². The second kappa shape index (κ2) is 6.67. The van der Waals surface area contributed by atoms with Crippen molar-refractivity contribution in [2.45, 2.75) is 13.3 Å². The Labute approximate surface area is 129 Å². The number of aryl methyl sites for hydroxylation is 1. The van der Waals surface area contributed by atoms with Crippen molar-refractivity contribution in [3.05, 3.63) is 66.5 Å². The van der Waals surface area contributed by atoms with Crippen LogP contribution in [0.2, 0.25) is 0 Å². The molecule has 1 heterocycles. The van der Waals surface area contributed by atoms with Gasteiger partial charge < -0.3 is 10.6 Å². The van der Waals surface area contributed by atoms with Gasteiger partial charge >= 0.3 is 0 Å². The summed E-state index contributed by atoms with van der Waals surface area (Å²) >= 11 is 0. The van der Waals surface area contributed by atoms with Gasteiger partial charge in [0, 0.05) is 17.8 Å². The summed E-state index contributed by atoms with van der Waals surface area (Å²) in [4.78, 5) is 13.3. The summed E-state index contributed by atoms with van der Waals surface area (Å²) in [5.74, 6) is 1.82. The quantitative estimate of drug-likeness (QED) is 0.746. The maximum absolute atomic E-state index is 4.43. The maximum Gasteiger partial charge on any atom is 0.232 e. The first-order valence-corrected chi connectivity index (χ1v) is 7.22. The Morgan fingerprint density at radius 1 is 0.682 bits per heavy atom. The van der Waals surface area contributed by atoms with Crippen LogP contribution in [0.1, 0.15) is 12.7 Å². The summed E-state index contributed by atoms with van der Waals surface area (Å²) in [6, 6.07) is 19.7. The van der Waals surface area contributed by atoms with Gasteiger partial charge in [-0.25, -0.2) is 0 Å². The first-order valence-electron chi connectivity index (χ1n) is 7.22. The molecule has 22 heavy (non-hydrogen) atoms. The molecule has 5 heteroatoms. The van der Waals surface area contributed by atoms with E-state index in [9.17, 15) is 0 Å². The van der Waals surface area contributed by atoms with Gasteiger partial charge in [-0.2, -0.15) is 15.0 Å². The van der Waals surface area contributed by atoms with Crippen LogP contribution in [-0.2, 0) is 6.42 Å². The molecular weight excluding hydrogens is 274 g/mol. The minimum atomic E-state index is 0.538. The number of para-hydroxylation sites is 2. The molecule has 0 saturated heterocycles. The fourth-order valence-corrected chi connectivity index (χ4v) is 1.99. The lowest BCUT2D eigenvalue weighted by molar-refractivity contribution is 0.910. The third kappa shape index (κ3) is 3.58. The van der Waals surface area contributed by atoms with Crippen LogP contribution < -0.4 is 10.6 Å². The van der Waals surface area contributed by atoms with E-state index in [1.807, 2.05) is 67.6 Å². The standard InChI is InChI=1S/C17H17N5/c1-2-15-20-16(18-13-9-5-3-6-10-13)22-17(21-15)19-14-11-7-4-8-12-14/h3-12H,2H2,1H3,(H2,18,19,20,21,22). The predicted molar refractivity (Wildman–Crippen MR) is 88.7 cm³/mol. The van der Waals surface area contributed by atoms with Crippen LogP contribution in [0, 0.1) is 0 Å². The van der Waals surface area contributed by atoms with E-state index < -0.39 is 0 Å². The molecule has 5 nitrogen and oxygen atoms in total. The second-order valence-corrected chi connectivity index (χ2v) is 4.73. The van der Waals surface area contributed by atoms with Gasteiger partial charge in [0.1, 0.15) is 5.82 Å². The van der Waals surface area contributed by atoms with Crippen molar-refractivity contribution >= 4 is 23.3 Å². The molecule has 0 unspecified atom stereocenters. The largest absolute Gasteiger partial charge is 0.324 e. The molecule has 2 N–H and O–H groups in total. The van der Waals surface area contributed by atoms with E-state index in [0.717, 1.165) is 23.6 Å².